The van der Waals surface area contributed by atoms with Crippen LogP contribution in [-0.2, 0) is 4.79 Å². The van der Waals surface area contributed by atoms with Crippen LogP contribution in [0, 0.1) is 11.6 Å². The normalized spacial score (nSPS) is 14.4. The Morgan fingerprint density at radius 3 is 2.61 bits per heavy atom. The van der Waals surface area contributed by atoms with Crippen LogP contribution in [-0.4, -0.2) is 34.9 Å². The molecule has 28 heavy (non-hydrogen) atoms. The summed E-state index contributed by atoms with van der Waals surface area (Å²) in [6.45, 7) is 0.259. The van der Waals surface area contributed by atoms with Crippen molar-refractivity contribution in [3.05, 3.63) is 42.1 Å². The molecule has 150 valence electrons. The molecule has 3 rings (SSSR count). The SMILES string of the molecule is CN(CCCC(=O)O)c1c(F)cc(-c2cccnc2SC2CCCC2)cc1F. The van der Waals surface area contributed by atoms with Gasteiger partial charge in [0.1, 0.15) is 22.3 Å². The Balaban J connectivity index is 1.83. The summed E-state index contributed by atoms with van der Waals surface area (Å²) in [7, 11) is 1.56. The molecular weight excluding hydrogens is 382 g/mol. The number of nitrogens with zero attached hydrogens (tertiary/aromatic N) is 2. The first-order chi connectivity index (χ1) is 13.5. The second-order valence-corrected chi connectivity index (χ2v) is 8.38. The lowest BCUT2D eigenvalue weighted by Crippen LogP contribution is -2.21. The second-order valence-electron chi connectivity index (χ2n) is 7.09. The van der Waals surface area contributed by atoms with Gasteiger partial charge in [0, 0.05) is 37.0 Å². The highest BCUT2D eigenvalue weighted by Gasteiger charge is 2.21. The highest BCUT2D eigenvalue weighted by atomic mass is 32.2. The average Bonchev–Trinajstić information content (AvgIpc) is 3.14. The first-order valence-corrected chi connectivity index (χ1v) is 10.4. The van der Waals surface area contributed by atoms with Crippen molar-refractivity contribution < 1.29 is 18.7 Å². The summed E-state index contributed by atoms with van der Waals surface area (Å²) in [5.41, 5.74) is 1.06. The zero-order chi connectivity index (χ0) is 20.1. The molecule has 1 N–H and O–H groups in total. The zero-order valence-electron chi connectivity index (χ0n) is 15.8. The first kappa shape index (κ1) is 20.6. The third-order valence-corrected chi connectivity index (χ3v) is 6.30. The minimum Gasteiger partial charge on any atom is -0.481 e. The van der Waals surface area contributed by atoms with E-state index in [9.17, 15) is 13.6 Å². The summed E-state index contributed by atoms with van der Waals surface area (Å²) >= 11 is 1.69. The third-order valence-electron chi connectivity index (χ3n) is 4.95. The number of carboxylic acids is 1. The lowest BCUT2D eigenvalue weighted by Gasteiger charge is -2.21. The molecule has 1 aromatic heterocycles. The maximum absolute atomic E-state index is 14.7. The van der Waals surface area contributed by atoms with Crippen molar-refractivity contribution in [2.24, 2.45) is 0 Å². The van der Waals surface area contributed by atoms with Crippen molar-refractivity contribution in [3.63, 3.8) is 0 Å². The zero-order valence-corrected chi connectivity index (χ0v) is 16.6. The van der Waals surface area contributed by atoms with Gasteiger partial charge in [0.05, 0.1) is 0 Å². The Labute approximate surface area is 168 Å². The van der Waals surface area contributed by atoms with E-state index in [1.54, 1.807) is 31.1 Å². The molecule has 1 aliphatic carbocycles. The number of carboxylic acid groups (broad SMARTS) is 1. The van der Waals surface area contributed by atoms with E-state index >= 15 is 0 Å². The van der Waals surface area contributed by atoms with Gasteiger partial charge in [-0.2, -0.15) is 0 Å². The molecule has 0 aliphatic heterocycles. The van der Waals surface area contributed by atoms with Gasteiger partial charge in [-0.15, -0.1) is 11.8 Å². The molecule has 7 heteroatoms. The van der Waals surface area contributed by atoms with Crippen molar-refractivity contribution >= 4 is 23.4 Å². The van der Waals surface area contributed by atoms with Crippen LogP contribution in [0.1, 0.15) is 38.5 Å². The molecule has 1 aliphatic rings. The van der Waals surface area contributed by atoms with E-state index in [0.717, 1.165) is 23.4 Å². The van der Waals surface area contributed by atoms with Crippen LogP contribution < -0.4 is 4.90 Å². The number of pyridine rings is 1. The van der Waals surface area contributed by atoms with Crippen LogP contribution in [0.25, 0.3) is 11.1 Å². The van der Waals surface area contributed by atoms with Crippen LogP contribution in [0.4, 0.5) is 14.5 Å². The van der Waals surface area contributed by atoms with E-state index in [2.05, 4.69) is 4.98 Å². The van der Waals surface area contributed by atoms with Gasteiger partial charge in [-0.3, -0.25) is 4.79 Å². The van der Waals surface area contributed by atoms with E-state index in [-0.39, 0.29) is 18.7 Å². The molecular formula is C21H24F2N2O2S. The highest BCUT2D eigenvalue weighted by molar-refractivity contribution is 8.00. The van der Waals surface area contributed by atoms with Crippen LogP contribution in [0.2, 0.25) is 0 Å². The van der Waals surface area contributed by atoms with Gasteiger partial charge < -0.3 is 10.0 Å². The first-order valence-electron chi connectivity index (χ1n) is 9.49. The van der Waals surface area contributed by atoms with Gasteiger partial charge in [0.2, 0.25) is 0 Å². The molecule has 0 amide bonds. The minimum absolute atomic E-state index is 0.0386. The molecule has 1 heterocycles. The van der Waals surface area contributed by atoms with Crippen LogP contribution >= 0.6 is 11.8 Å². The van der Waals surface area contributed by atoms with E-state index in [1.807, 2.05) is 6.07 Å². The summed E-state index contributed by atoms with van der Waals surface area (Å²) in [6.07, 6.45) is 6.70. The summed E-state index contributed by atoms with van der Waals surface area (Å²) in [6, 6.07) is 6.29. The van der Waals surface area contributed by atoms with Crippen molar-refractivity contribution in [1.29, 1.82) is 0 Å². The Hall–Kier alpha value is -2.15. The molecule has 0 bridgehead atoms. The number of hydrogen-bond acceptors (Lipinski definition) is 4. The van der Waals surface area contributed by atoms with Crippen molar-refractivity contribution in [2.75, 3.05) is 18.5 Å². The monoisotopic (exact) mass is 406 g/mol. The van der Waals surface area contributed by atoms with Crippen LogP contribution in [0.15, 0.2) is 35.5 Å². The topological polar surface area (TPSA) is 53.4 Å². The molecule has 0 spiro atoms. The van der Waals surface area contributed by atoms with E-state index in [1.165, 1.54) is 29.9 Å². The quantitative estimate of drug-likeness (QED) is 0.639. The standard InChI is InChI=1S/C21H24F2N2O2S/c1-25(11-5-9-19(26)27)20-17(22)12-14(13-18(20)23)16-8-4-10-24-21(16)28-15-6-2-3-7-15/h4,8,10,12-13,15H,2-3,5-7,9,11H2,1H3,(H,26,27). The molecule has 0 atom stereocenters. The summed E-state index contributed by atoms with van der Waals surface area (Å²) in [4.78, 5) is 16.5. The number of rotatable bonds is 8. The molecule has 1 saturated carbocycles. The Morgan fingerprint density at radius 2 is 1.96 bits per heavy atom. The van der Waals surface area contributed by atoms with Crippen LogP contribution in [0.3, 0.4) is 0 Å². The Kier molecular flexibility index (Phi) is 6.88. The maximum Gasteiger partial charge on any atom is 0.303 e. The summed E-state index contributed by atoms with van der Waals surface area (Å²) in [5, 5.41) is 10.0. The Bertz CT molecular complexity index is 818. The highest BCUT2D eigenvalue weighted by Crippen LogP contribution is 2.39. The van der Waals surface area contributed by atoms with Gasteiger partial charge in [-0.25, -0.2) is 13.8 Å². The maximum atomic E-state index is 14.7. The fourth-order valence-corrected chi connectivity index (χ4v) is 4.85. The van der Waals surface area contributed by atoms with Gasteiger partial charge >= 0.3 is 5.97 Å². The molecule has 1 aromatic carbocycles. The summed E-state index contributed by atoms with van der Waals surface area (Å²) in [5.74, 6) is -2.24. The average molecular weight is 406 g/mol. The molecule has 0 saturated heterocycles. The largest absolute Gasteiger partial charge is 0.481 e. The number of thioether (sulfide) groups is 1. The van der Waals surface area contributed by atoms with Gasteiger partial charge in [0.25, 0.3) is 0 Å². The molecule has 4 nitrogen and oxygen atoms in total. The number of benzene rings is 1. The van der Waals surface area contributed by atoms with Gasteiger partial charge in [0.15, 0.2) is 0 Å². The van der Waals surface area contributed by atoms with Gasteiger partial charge in [-0.05, 0) is 43.0 Å². The predicted octanol–water partition coefficient (Wildman–Crippen LogP) is 5.36. The number of aliphatic carboxylic acids is 1. The predicted molar refractivity (Wildman–Crippen MR) is 108 cm³/mol. The molecule has 0 radical (unpaired) electrons. The lowest BCUT2D eigenvalue weighted by atomic mass is 10.1. The molecule has 0 unspecified atom stereocenters. The number of hydrogen-bond donors (Lipinski definition) is 1. The fourth-order valence-electron chi connectivity index (χ4n) is 3.53. The second kappa shape index (κ2) is 9.37. The lowest BCUT2D eigenvalue weighted by molar-refractivity contribution is -0.137. The van der Waals surface area contributed by atoms with Crippen molar-refractivity contribution in [2.45, 2.75) is 48.8 Å². The smallest absolute Gasteiger partial charge is 0.303 e. The van der Waals surface area contributed by atoms with Crippen LogP contribution in [0.5, 0.6) is 0 Å². The van der Waals surface area contributed by atoms with E-state index in [4.69, 9.17) is 5.11 Å². The number of halogens is 2. The van der Waals surface area contributed by atoms with E-state index in [0.29, 0.717) is 17.2 Å². The molecule has 2 aromatic rings. The Morgan fingerprint density at radius 1 is 1.29 bits per heavy atom. The number of anilines is 1. The molecule has 1 fully saturated rings. The van der Waals surface area contributed by atoms with Crippen molar-refractivity contribution in [3.8, 4) is 11.1 Å². The minimum atomic E-state index is -0.923. The fraction of sp³-hybridized carbons (Fsp3) is 0.429. The summed E-state index contributed by atoms with van der Waals surface area (Å²) < 4.78 is 29.5. The van der Waals surface area contributed by atoms with Gasteiger partial charge in [-0.1, -0.05) is 18.9 Å². The third kappa shape index (κ3) is 5.01. The van der Waals surface area contributed by atoms with Crippen molar-refractivity contribution in [1.82, 2.24) is 4.98 Å². The number of aromatic nitrogens is 1. The number of carbonyl (C=O) groups is 1. The van der Waals surface area contributed by atoms with E-state index < -0.39 is 17.6 Å².